The van der Waals surface area contributed by atoms with Gasteiger partial charge in [-0.2, -0.15) is 0 Å². The van der Waals surface area contributed by atoms with Crippen LogP contribution in [0.4, 0.5) is 0 Å². The maximum atomic E-state index is 12.8. The van der Waals surface area contributed by atoms with Crippen LogP contribution in [0.25, 0.3) is 0 Å². The molecule has 1 aliphatic heterocycles. The van der Waals surface area contributed by atoms with Crippen molar-refractivity contribution in [3.05, 3.63) is 35.9 Å². The molecule has 134 valence electrons. The van der Waals surface area contributed by atoms with Crippen molar-refractivity contribution >= 4 is 5.91 Å². The second kappa shape index (κ2) is 9.16. The molecule has 5 nitrogen and oxygen atoms in total. The zero-order valence-corrected chi connectivity index (χ0v) is 14.9. The molecule has 0 aliphatic carbocycles. The summed E-state index contributed by atoms with van der Waals surface area (Å²) in [6.07, 6.45) is 1.87. The Balaban J connectivity index is 1.85. The molecule has 1 heterocycles. The lowest BCUT2D eigenvalue weighted by Gasteiger charge is -2.35. The summed E-state index contributed by atoms with van der Waals surface area (Å²) in [6, 6.07) is 9.79. The number of piperidine rings is 1. The summed E-state index contributed by atoms with van der Waals surface area (Å²) in [4.78, 5) is 16.9. The van der Waals surface area contributed by atoms with Crippen LogP contribution in [-0.2, 0) is 4.79 Å². The average molecular weight is 333 g/mol. The van der Waals surface area contributed by atoms with Gasteiger partial charge in [-0.3, -0.25) is 4.79 Å². The van der Waals surface area contributed by atoms with E-state index in [4.69, 9.17) is 5.73 Å². The van der Waals surface area contributed by atoms with E-state index in [9.17, 15) is 9.90 Å². The lowest BCUT2D eigenvalue weighted by molar-refractivity contribution is -0.132. The minimum Gasteiger partial charge on any atom is -0.392 e. The van der Waals surface area contributed by atoms with Crippen LogP contribution in [0.2, 0.25) is 0 Å². The molecule has 1 aliphatic rings. The minimum absolute atomic E-state index is 0.107. The van der Waals surface area contributed by atoms with Crippen LogP contribution < -0.4 is 5.73 Å². The van der Waals surface area contributed by atoms with Gasteiger partial charge in [-0.05, 0) is 44.3 Å². The number of likely N-dealkylation sites (tertiary alicyclic amines) is 1. The number of carbonyl (C=O) groups is 1. The average Bonchev–Trinajstić information content (AvgIpc) is 2.57. The van der Waals surface area contributed by atoms with Crippen molar-refractivity contribution in [2.75, 3.05) is 39.8 Å². The molecule has 0 radical (unpaired) electrons. The smallest absolute Gasteiger partial charge is 0.231 e. The number of likely N-dealkylation sites (N-methyl/N-ethyl adjacent to an activating group) is 1. The van der Waals surface area contributed by atoms with E-state index in [1.807, 2.05) is 49.2 Å². The van der Waals surface area contributed by atoms with Gasteiger partial charge in [0.1, 0.15) is 0 Å². The summed E-state index contributed by atoms with van der Waals surface area (Å²) in [5.41, 5.74) is 6.85. The number of aliphatic hydroxyl groups excluding tert-OH is 1. The number of amides is 1. The summed E-state index contributed by atoms with van der Waals surface area (Å²) in [7, 11) is 1.89. The van der Waals surface area contributed by atoms with Crippen LogP contribution in [0.5, 0.6) is 0 Å². The lowest BCUT2D eigenvalue weighted by atomic mass is 9.94. The molecule has 3 N–H and O–H groups in total. The van der Waals surface area contributed by atoms with Gasteiger partial charge in [-0.1, -0.05) is 30.3 Å². The van der Waals surface area contributed by atoms with Crippen molar-refractivity contribution in [1.82, 2.24) is 9.80 Å². The fraction of sp³-hybridized carbons (Fsp3) is 0.632. The Kier molecular flexibility index (Phi) is 7.21. The molecule has 1 saturated heterocycles. The summed E-state index contributed by atoms with van der Waals surface area (Å²) in [5.74, 6) is 0.375. The van der Waals surface area contributed by atoms with Crippen molar-refractivity contribution in [2.45, 2.75) is 31.8 Å². The third-order valence-corrected chi connectivity index (χ3v) is 4.87. The van der Waals surface area contributed by atoms with Gasteiger partial charge in [0.05, 0.1) is 12.0 Å². The lowest BCUT2D eigenvalue weighted by Crippen LogP contribution is -2.43. The number of carbonyl (C=O) groups excluding carboxylic acids is 1. The third kappa shape index (κ3) is 5.30. The van der Waals surface area contributed by atoms with E-state index < -0.39 is 0 Å². The Bertz CT molecular complexity index is 499. The normalized spacial score (nSPS) is 19.0. The summed E-state index contributed by atoms with van der Waals surface area (Å²) < 4.78 is 0. The van der Waals surface area contributed by atoms with Crippen LogP contribution in [0, 0.1) is 5.92 Å². The fourth-order valence-corrected chi connectivity index (χ4v) is 3.53. The van der Waals surface area contributed by atoms with Gasteiger partial charge in [0, 0.05) is 26.7 Å². The molecular weight excluding hydrogens is 302 g/mol. The van der Waals surface area contributed by atoms with E-state index in [1.165, 1.54) is 0 Å². The number of nitrogens with two attached hydrogens (primary N) is 1. The molecule has 1 aromatic rings. The van der Waals surface area contributed by atoms with Crippen molar-refractivity contribution in [2.24, 2.45) is 11.7 Å². The Labute approximate surface area is 145 Å². The second-order valence-corrected chi connectivity index (χ2v) is 7.01. The highest BCUT2D eigenvalue weighted by molar-refractivity contribution is 5.83. The Morgan fingerprint density at radius 2 is 1.96 bits per heavy atom. The Morgan fingerprint density at radius 1 is 1.33 bits per heavy atom. The monoisotopic (exact) mass is 333 g/mol. The molecule has 0 saturated carbocycles. The summed E-state index contributed by atoms with van der Waals surface area (Å²) in [5, 5.41) is 9.48. The van der Waals surface area contributed by atoms with E-state index in [1.54, 1.807) is 0 Å². The van der Waals surface area contributed by atoms with Crippen molar-refractivity contribution < 1.29 is 9.90 Å². The van der Waals surface area contributed by atoms with E-state index in [2.05, 4.69) is 4.90 Å². The molecule has 0 aromatic heterocycles. The number of rotatable bonds is 7. The molecular formula is C19H31N3O2. The number of hydrogen-bond acceptors (Lipinski definition) is 4. The standard InChI is InChI=1S/C19H31N3O2/c1-15(23)13-22-10-8-16(9-11-22)14-21(2)19(24)18(12-20)17-6-4-3-5-7-17/h3-7,15-16,18,23H,8-14,20H2,1-2H3. The molecule has 1 fully saturated rings. The van der Waals surface area contributed by atoms with Crippen molar-refractivity contribution in [3.8, 4) is 0 Å². The molecule has 1 aromatic carbocycles. The molecule has 0 spiro atoms. The summed E-state index contributed by atoms with van der Waals surface area (Å²) in [6.45, 7) is 5.68. The van der Waals surface area contributed by atoms with E-state index in [0.717, 1.165) is 44.6 Å². The largest absolute Gasteiger partial charge is 0.392 e. The maximum absolute atomic E-state index is 12.8. The first-order chi connectivity index (χ1) is 11.5. The Hall–Kier alpha value is -1.43. The van der Waals surface area contributed by atoms with Crippen LogP contribution in [0.3, 0.4) is 0 Å². The number of benzene rings is 1. The highest BCUT2D eigenvalue weighted by Gasteiger charge is 2.26. The number of β-amino-alcohol motifs (C(OH)–C–C–N with tert-alkyl or cyclic N) is 1. The third-order valence-electron chi connectivity index (χ3n) is 4.87. The van der Waals surface area contributed by atoms with Crippen LogP contribution in [0.15, 0.2) is 30.3 Å². The Morgan fingerprint density at radius 3 is 2.50 bits per heavy atom. The summed E-state index contributed by atoms with van der Waals surface area (Å²) >= 11 is 0. The van der Waals surface area contributed by atoms with Gasteiger partial charge >= 0.3 is 0 Å². The van der Waals surface area contributed by atoms with Crippen LogP contribution in [-0.4, -0.2) is 66.7 Å². The highest BCUT2D eigenvalue weighted by Crippen LogP contribution is 2.21. The molecule has 2 rings (SSSR count). The second-order valence-electron chi connectivity index (χ2n) is 7.01. The molecule has 2 atom stereocenters. The number of hydrogen-bond donors (Lipinski definition) is 2. The molecule has 0 bridgehead atoms. The highest BCUT2D eigenvalue weighted by atomic mass is 16.3. The number of aliphatic hydroxyl groups is 1. The van der Waals surface area contributed by atoms with Crippen molar-refractivity contribution in [3.63, 3.8) is 0 Å². The fourth-order valence-electron chi connectivity index (χ4n) is 3.53. The van der Waals surface area contributed by atoms with Gasteiger partial charge in [-0.15, -0.1) is 0 Å². The molecule has 1 amide bonds. The van der Waals surface area contributed by atoms with Gasteiger partial charge in [-0.25, -0.2) is 0 Å². The van der Waals surface area contributed by atoms with Crippen LogP contribution in [0.1, 0.15) is 31.2 Å². The van der Waals surface area contributed by atoms with Gasteiger partial charge in [0.25, 0.3) is 0 Å². The van der Waals surface area contributed by atoms with E-state index >= 15 is 0 Å². The van der Waals surface area contributed by atoms with Crippen molar-refractivity contribution in [1.29, 1.82) is 0 Å². The van der Waals surface area contributed by atoms with E-state index in [0.29, 0.717) is 12.5 Å². The first kappa shape index (κ1) is 18.9. The first-order valence-electron chi connectivity index (χ1n) is 8.91. The zero-order valence-electron chi connectivity index (χ0n) is 14.9. The maximum Gasteiger partial charge on any atom is 0.231 e. The molecule has 2 unspecified atom stereocenters. The predicted octanol–water partition coefficient (Wildman–Crippen LogP) is 1.28. The quantitative estimate of drug-likeness (QED) is 0.789. The molecule has 24 heavy (non-hydrogen) atoms. The topological polar surface area (TPSA) is 69.8 Å². The van der Waals surface area contributed by atoms with E-state index in [-0.39, 0.29) is 17.9 Å². The van der Waals surface area contributed by atoms with Gasteiger partial charge < -0.3 is 20.6 Å². The minimum atomic E-state index is -0.276. The first-order valence-corrected chi connectivity index (χ1v) is 8.91. The predicted molar refractivity (Wildman–Crippen MR) is 96.7 cm³/mol. The SMILES string of the molecule is CC(O)CN1CCC(CN(C)C(=O)C(CN)c2ccccc2)CC1. The van der Waals surface area contributed by atoms with Gasteiger partial charge in [0.15, 0.2) is 0 Å². The van der Waals surface area contributed by atoms with Gasteiger partial charge in [0.2, 0.25) is 5.91 Å². The molecule has 5 heteroatoms. The zero-order chi connectivity index (χ0) is 17.5. The number of nitrogens with zero attached hydrogens (tertiary/aromatic N) is 2. The van der Waals surface area contributed by atoms with Crippen LogP contribution >= 0.6 is 0 Å².